The molecule has 1 amide bonds. The van der Waals surface area contributed by atoms with Gasteiger partial charge in [-0.3, -0.25) is 9.78 Å². The number of carbonyl (C=O) groups excluding carboxylic acids is 1. The van der Waals surface area contributed by atoms with Crippen LogP contribution in [-0.2, 0) is 0 Å². The average molecular weight is 228 g/mol. The second-order valence-corrected chi connectivity index (χ2v) is 3.91. The lowest BCUT2D eigenvalue weighted by Gasteiger charge is -2.31. The highest BCUT2D eigenvalue weighted by Crippen LogP contribution is 2.19. The fourth-order valence-electron chi connectivity index (χ4n) is 1.42. The van der Waals surface area contributed by atoms with Gasteiger partial charge in [-0.25, -0.2) is 4.98 Å². The molecule has 80 valence electrons. The van der Waals surface area contributed by atoms with E-state index in [-0.39, 0.29) is 28.9 Å². The van der Waals surface area contributed by atoms with Crippen molar-refractivity contribution in [1.82, 2.24) is 15.3 Å². The van der Waals surface area contributed by atoms with Crippen LogP contribution in [0.1, 0.15) is 23.3 Å². The molecule has 0 unspecified atom stereocenters. The molecule has 2 N–H and O–H groups in total. The fraction of sp³-hybridized carbons (Fsp3) is 0.444. The Morgan fingerprint density at radius 3 is 2.87 bits per heavy atom. The molecular formula is C9H10ClN3O2. The zero-order valence-corrected chi connectivity index (χ0v) is 8.61. The van der Waals surface area contributed by atoms with Crippen molar-refractivity contribution in [2.75, 3.05) is 0 Å². The smallest absolute Gasteiger partial charge is 0.271 e. The van der Waals surface area contributed by atoms with Crippen molar-refractivity contribution >= 4 is 17.5 Å². The predicted octanol–water partition coefficient (Wildman–Crippen LogP) is 0.383. The van der Waals surface area contributed by atoms with Crippen molar-refractivity contribution in [3.8, 4) is 0 Å². The lowest BCUT2D eigenvalue weighted by atomic mass is 9.89. The summed E-state index contributed by atoms with van der Waals surface area (Å²) in [6.45, 7) is 0. The zero-order valence-electron chi connectivity index (χ0n) is 7.85. The summed E-state index contributed by atoms with van der Waals surface area (Å²) in [5, 5.41) is 12.0. The van der Waals surface area contributed by atoms with E-state index in [0.29, 0.717) is 12.8 Å². The van der Waals surface area contributed by atoms with Crippen LogP contribution in [0.25, 0.3) is 0 Å². The number of aliphatic hydroxyl groups is 1. The first-order valence-electron chi connectivity index (χ1n) is 4.61. The highest BCUT2D eigenvalue weighted by Gasteiger charge is 2.28. The van der Waals surface area contributed by atoms with E-state index in [1.54, 1.807) is 0 Å². The SMILES string of the molecule is O=C(NC1CC(O)C1)c1cncc(Cl)n1. The molecular weight excluding hydrogens is 218 g/mol. The molecule has 5 nitrogen and oxygen atoms in total. The van der Waals surface area contributed by atoms with Gasteiger partial charge in [0.1, 0.15) is 10.8 Å². The first-order valence-corrected chi connectivity index (χ1v) is 4.99. The number of hydrogen-bond donors (Lipinski definition) is 2. The maximum Gasteiger partial charge on any atom is 0.271 e. The Balaban J connectivity index is 1.96. The molecule has 1 aromatic rings. The molecule has 0 bridgehead atoms. The van der Waals surface area contributed by atoms with E-state index in [1.165, 1.54) is 12.4 Å². The standard InChI is InChI=1S/C9H10ClN3O2/c10-8-4-11-3-7(13-8)9(15)12-5-1-6(14)2-5/h3-6,14H,1-2H2,(H,12,15). The highest BCUT2D eigenvalue weighted by molar-refractivity contribution is 6.29. The van der Waals surface area contributed by atoms with E-state index in [1.807, 2.05) is 0 Å². The molecule has 0 spiro atoms. The van der Waals surface area contributed by atoms with Gasteiger partial charge < -0.3 is 10.4 Å². The van der Waals surface area contributed by atoms with Gasteiger partial charge in [0.25, 0.3) is 5.91 Å². The van der Waals surface area contributed by atoms with Crippen molar-refractivity contribution in [3.05, 3.63) is 23.2 Å². The third kappa shape index (κ3) is 2.43. The summed E-state index contributed by atoms with van der Waals surface area (Å²) in [5.41, 5.74) is 0.198. The Labute approximate surface area is 91.5 Å². The van der Waals surface area contributed by atoms with Crippen LogP contribution in [-0.4, -0.2) is 33.1 Å². The minimum absolute atomic E-state index is 0.0354. The third-order valence-electron chi connectivity index (χ3n) is 2.29. The number of amides is 1. The van der Waals surface area contributed by atoms with Gasteiger partial charge in [-0.1, -0.05) is 11.6 Å². The maximum atomic E-state index is 11.6. The number of aromatic nitrogens is 2. The summed E-state index contributed by atoms with van der Waals surface area (Å²) >= 11 is 5.60. The first kappa shape index (κ1) is 10.3. The van der Waals surface area contributed by atoms with Crippen molar-refractivity contribution in [2.45, 2.75) is 25.0 Å². The van der Waals surface area contributed by atoms with E-state index in [0.717, 1.165) is 0 Å². The second kappa shape index (κ2) is 4.12. The Morgan fingerprint density at radius 2 is 2.27 bits per heavy atom. The van der Waals surface area contributed by atoms with Gasteiger partial charge in [0.05, 0.1) is 18.5 Å². The van der Waals surface area contributed by atoms with E-state index in [9.17, 15) is 4.79 Å². The van der Waals surface area contributed by atoms with E-state index in [4.69, 9.17) is 16.7 Å². The van der Waals surface area contributed by atoms with E-state index >= 15 is 0 Å². The van der Waals surface area contributed by atoms with Crippen molar-refractivity contribution < 1.29 is 9.90 Å². The molecule has 1 aliphatic rings. The second-order valence-electron chi connectivity index (χ2n) is 3.52. The van der Waals surface area contributed by atoms with Crippen LogP contribution in [0.15, 0.2) is 12.4 Å². The number of aliphatic hydroxyl groups excluding tert-OH is 1. The molecule has 0 aliphatic heterocycles. The van der Waals surface area contributed by atoms with Crippen molar-refractivity contribution in [1.29, 1.82) is 0 Å². The van der Waals surface area contributed by atoms with Gasteiger partial charge in [0, 0.05) is 6.04 Å². The van der Waals surface area contributed by atoms with Gasteiger partial charge in [-0.2, -0.15) is 0 Å². The molecule has 0 aromatic carbocycles. The molecule has 0 atom stereocenters. The van der Waals surface area contributed by atoms with Crippen LogP contribution >= 0.6 is 11.6 Å². The topological polar surface area (TPSA) is 75.1 Å². The van der Waals surface area contributed by atoms with Crippen LogP contribution < -0.4 is 5.32 Å². The van der Waals surface area contributed by atoms with E-state index in [2.05, 4.69) is 15.3 Å². The van der Waals surface area contributed by atoms with Gasteiger partial charge >= 0.3 is 0 Å². The number of hydrogen-bond acceptors (Lipinski definition) is 4. The molecule has 6 heteroatoms. The van der Waals surface area contributed by atoms with Crippen molar-refractivity contribution in [2.24, 2.45) is 0 Å². The van der Waals surface area contributed by atoms with Gasteiger partial charge in [-0.15, -0.1) is 0 Å². The van der Waals surface area contributed by atoms with Crippen LogP contribution in [0, 0.1) is 0 Å². The van der Waals surface area contributed by atoms with Gasteiger partial charge in [-0.05, 0) is 12.8 Å². The summed E-state index contributed by atoms with van der Waals surface area (Å²) in [6, 6.07) is 0.0354. The third-order valence-corrected chi connectivity index (χ3v) is 2.47. The van der Waals surface area contributed by atoms with Crippen LogP contribution in [0.5, 0.6) is 0 Å². The number of rotatable bonds is 2. The normalized spacial score (nSPS) is 24.4. The summed E-state index contributed by atoms with van der Waals surface area (Å²) in [5.74, 6) is -0.304. The fourth-order valence-corrected chi connectivity index (χ4v) is 1.56. The maximum absolute atomic E-state index is 11.6. The molecule has 2 rings (SSSR count). The predicted molar refractivity (Wildman–Crippen MR) is 53.5 cm³/mol. The Morgan fingerprint density at radius 1 is 1.53 bits per heavy atom. The Kier molecular flexibility index (Phi) is 2.83. The van der Waals surface area contributed by atoms with E-state index < -0.39 is 0 Å². The molecule has 1 aliphatic carbocycles. The average Bonchev–Trinajstić information content (AvgIpc) is 2.15. The molecule has 1 heterocycles. The Hall–Kier alpha value is -1.20. The van der Waals surface area contributed by atoms with Crippen LogP contribution in [0.3, 0.4) is 0 Å². The molecule has 0 radical (unpaired) electrons. The molecule has 0 saturated heterocycles. The number of nitrogens with zero attached hydrogens (tertiary/aromatic N) is 2. The lowest BCUT2D eigenvalue weighted by Crippen LogP contribution is -2.46. The van der Waals surface area contributed by atoms with Crippen LogP contribution in [0.2, 0.25) is 5.15 Å². The summed E-state index contributed by atoms with van der Waals surface area (Å²) < 4.78 is 0. The number of halogens is 1. The molecule has 1 aromatic heterocycles. The number of nitrogens with one attached hydrogen (secondary N) is 1. The number of carbonyl (C=O) groups is 1. The first-order chi connectivity index (χ1) is 7.15. The minimum atomic E-state index is -0.304. The summed E-state index contributed by atoms with van der Waals surface area (Å²) in [6.07, 6.45) is 3.63. The zero-order chi connectivity index (χ0) is 10.8. The van der Waals surface area contributed by atoms with Crippen LogP contribution in [0.4, 0.5) is 0 Å². The monoisotopic (exact) mass is 227 g/mol. The van der Waals surface area contributed by atoms with Crippen molar-refractivity contribution in [3.63, 3.8) is 0 Å². The minimum Gasteiger partial charge on any atom is -0.393 e. The molecule has 15 heavy (non-hydrogen) atoms. The largest absolute Gasteiger partial charge is 0.393 e. The van der Waals surface area contributed by atoms with Gasteiger partial charge in [0.2, 0.25) is 0 Å². The Bertz CT molecular complexity index is 379. The quantitative estimate of drug-likeness (QED) is 0.766. The highest BCUT2D eigenvalue weighted by atomic mass is 35.5. The van der Waals surface area contributed by atoms with Gasteiger partial charge in [0.15, 0.2) is 0 Å². The molecule has 1 saturated carbocycles. The molecule has 1 fully saturated rings. The lowest BCUT2D eigenvalue weighted by molar-refractivity contribution is 0.0560. The summed E-state index contributed by atoms with van der Waals surface area (Å²) in [7, 11) is 0. The summed E-state index contributed by atoms with van der Waals surface area (Å²) in [4.78, 5) is 19.2.